The normalized spacial score (nSPS) is 9.58. The van der Waals surface area contributed by atoms with E-state index in [9.17, 15) is 0 Å². The Kier molecular flexibility index (Phi) is 3.12. The van der Waals surface area contributed by atoms with Gasteiger partial charge in [0.25, 0.3) is 0 Å². The lowest BCUT2D eigenvalue weighted by atomic mass is 10.6. The summed E-state index contributed by atoms with van der Waals surface area (Å²) < 4.78 is 18.4. The summed E-state index contributed by atoms with van der Waals surface area (Å²) in [6.45, 7) is 0. The maximum atomic E-state index is 8.76. The van der Waals surface area contributed by atoms with Gasteiger partial charge in [-0.3, -0.25) is 0 Å². The van der Waals surface area contributed by atoms with Gasteiger partial charge in [0.1, 0.15) is 0 Å². The van der Waals surface area contributed by atoms with Gasteiger partial charge in [0.15, 0.2) is 10.8 Å². The summed E-state index contributed by atoms with van der Waals surface area (Å²) in [5.74, 6) is 0.420. The van der Waals surface area contributed by atoms with Crippen LogP contribution in [0.1, 0.15) is 0 Å². The highest BCUT2D eigenvalue weighted by molar-refractivity contribution is 7.93. The Morgan fingerprint density at radius 3 is 2.67 bits per heavy atom. The minimum atomic E-state index is 0.201. The Labute approximate surface area is 74.0 Å². The molecule has 12 heavy (non-hydrogen) atoms. The molecule has 0 atom stereocenters. The summed E-state index contributed by atoms with van der Waals surface area (Å²) in [6.07, 6.45) is 1.43. The van der Waals surface area contributed by atoms with Gasteiger partial charge < -0.3 is 14.0 Å². The number of methoxy groups -OCH3 is 2. The van der Waals surface area contributed by atoms with E-state index >= 15 is 0 Å². The second kappa shape index (κ2) is 4.13. The van der Waals surface area contributed by atoms with E-state index in [1.54, 1.807) is 0 Å². The molecule has 5 nitrogen and oxygen atoms in total. The molecule has 1 heterocycles. The minimum Gasteiger partial charge on any atom is -0.492 e. The molecule has 0 fully saturated rings. The van der Waals surface area contributed by atoms with Gasteiger partial charge in [-0.25, -0.2) is 0 Å². The third-order valence-electron chi connectivity index (χ3n) is 1.19. The van der Waals surface area contributed by atoms with E-state index in [1.165, 1.54) is 20.4 Å². The Hall–Kier alpha value is -1.01. The second-order valence-electron chi connectivity index (χ2n) is 1.82. The number of aromatic nitrogens is 2. The van der Waals surface area contributed by atoms with Gasteiger partial charge in [-0.2, -0.15) is 9.97 Å². The van der Waals surface area contributed by atoms with E-state index < -0.39 is 0 Å². The molecule has 1 aromatic heterocycles. The summed E-state index contributed by atoms with van der Waals surface area (Å²) in [4.78, 5) is 7.63. The topological polar surface area (TPSA) is 64.5 Å². The van der Waals surface area contributed by atoms with Gasteiger partial charge in [-0.1, -0.05) is 0 Å². The molecule has 1 N–H and O–H groups in total. The van der Waals surface area contributed by atoms with E-state index in [2.05, 4.69) is 9.97 Å². The molecular weight excluding hydrogens is 180 g/mol. The molecule has 0 aliphatic rings. The zero-order valence-corrected chi connectivity index (χ0v) is 7.46. The summed E-state index contributed by atoms with van der Waals surface area (Å²) in [5, 5.41) is 0.337. The molecule has 1 rings (SSSR count). The number of rotatable bonds is 3. The standard InChI is InChI=1S/C6H8N2O3S/c1-10-4-3-7-6(11-2)8-5(4)12-9/h3,9H,1-2H3. The Morgan fingerprint density at radius 1 is 1.42 bits per heavy atom. The smallest absolute Gasteiger partial charge is 0.317 e. The average molecular weight is 188 g/mol. The van der Waals surface area contributed by atoms with E-state index in [4.69, 9.17) is 14.0 Å². The fourth-order valence-corrected chi connectivity index (χ4v) is 0.989. The monoisotopic (exact) mass is 188 g/mol. The predicted octanol–water partition coefficient (Wildman–Crippen LogP) is 1.06. The summed E-state index contributed by atoms with van der Waals surface area (Å²) in [7, 11) is 2.93. The molecule has 0 aliphatic carbocycles. The number of hydrogen-bond acceptors (Lipinski definition) is 6. The molecule has 66 valence electrons. The van der Waals surface area contributed by atoms with Gasteiger partial charge >= 0.3 is 6.01 Å². The van der Waals surface area contributed by atoms with Crippen molar-refractivity contribution in [3.05, 3.63) is 6.20 Å². The van der Waals surface area contributed by atoms with Gasteiger partial charge in [-0.05, 0) is 0 Å². The third kappa shape index (κ3) is 1.77. The van der Waals surface area contributed by atoms with Gasteiger partial charge in [0.05, 0.1) is 20.4 Å². The average Bonchev–Trinajstić information content (AvgIpc) is 2.16. The van der Waals surface area contributed by atoms with Gasteiger partial charge in [0.2, 0.25) is 0 Å². The second-order valence-corrected chi connectivity index (χ2v) is 2.39. The van der Waals surface area contributed by atoms with Crippen LogP contribution < -0.4 is 9.47 Å². The van der Waals surface area contributed by atoms with Crippen molar-refractivity contribution in [3.63, 3.8) is 0 Å². The lowest BCUT2D eigenvalue weighted by Crippen LogP contribution is -1.95. The molecule has 0 amide bonds. The number of ether oxygens (including phenoxy) is 2. The summed E-state index contributed by atoms with van der Waals surface area (Å²) in [6, 6.07) is 0.201. The number of hydrogen-bond donors (Lipinski definition) is 1. The molecule has 1 aromatic rings. The van der Waals surface area contributed by atoms with Crippen LogP contribution in [0.15, 0.2) is 11.2 Å². The largest absolute Gasteiger partial charge is 0.492 e. The lowest BCUT2D eigenvalue weighted by Gasteiger charge is -2.03. The zero-order valence-electron chi connectivity index (χ0n) is 6.64. The fourth-order valence-electron chi connectivity index (χ4n) is 0.644. The van der Waals surface area contributed by atoms with Crippen LogP contribution in [-0.2, 0) is 0 Å². The first kappa shape index (κ1) is 9.08. The summed E-state index contributed by atoms with van der Waals surface area (Å²) in [5.41, 5.74) is 0. The van der Waals surface area contributed by atoms with E-state index in [1.807, 2.05) is 0 Å². The Bertz CT molecular complexity index is 269. The van der Waals surface area contributed by atoms with Crippen molar-refractivity contribution in [1.29, 1.82) is 0 Å². The van der Waals surface area contributed by atoms with Crippen LogP contribution in [0.5, 0.6) is 11.8 Å². The molecule has 0 spiro atoms. The van der Waals surface area contributed by atoms with Crippen LogP contribution >= 0.6 is 12.0 Å². The molecule has 0 radical (unpaired) electrons. The third-order valence-corrected chi connectivity index (χ3v) is 1.65. The molecule has 6 heteroatoms. The van der Waals surface area contributed by atoms with Crippen LogP contribution in [-0.4, -0.2) is 28.7 Å². The van der Waals surface area contributed by atoms with Crippen molar-refractivity contribution in [3.8, 4) is 11.8 Å². The molecule has 0 aliphatic heterocycles. The first-order chi connectivity index (χ1) is 5.81. The van der Waals surface area contributed by atoms with Crippen molar-refractivity contribution >= 4 is 12.0 Å². The summed E-state index contributed by atoms with van der Waals surface area (Å²) >= 11 is 0.493. The first-order valence-electron chi connectivity index (χ1n) is 3.08. The minimum absolute atomic E-state index is 0.201. The van der Waals surface area contributed by atoms with Gasteiger partial charge in [-0.15, -0.1) is 0 Å². The molecule has 0 saturated heterocycles. The van der Waals surface area contributed by atoms with Crippen LogP contribution in [0.3, 0.4) is 0 Å². The molecule has 0 bridgehead atoms. The van der Waals surface area contributed by atoms with Crippen LogP contribution in [0, 0.1) is 0 Å². The predicted molar refractivity (Wildman–Crippen MR) is 43.6 cm³/mol. The van der Waals surface area contributed by atoms with E-state index in [-0.39, 0.29) is 6.01 Å². The zero-order chi connectivity index (χ0) is 8.97. The van der Waals surface area contributed by atoms with Crippen molar-refractivity contribution in [2.24, 2.45) is 0 Å². The van der Waals surface area contributed by atoms with Crippen LogP contribution in [0.25, 0.3) is 0 Å². The highest BCUT2D eigenvalue weighted by Crippen LogP contribution is 2.24. The van der Waals surface area contributed by atoms with Crippen molar-refractivity contribution in [2.45, 2.75) is 5.03 Å². The molecule has 0 unspecified atom stereocenters. The lowest BCUT2D eigenvalue weighted by molar-refractivity contribution is 0.358. The molecule has 0 saturated carbocycles. The quantitative estimate of drug-likeness (QED) is 0.565. The van der Waals surface area contributed by atoms with Crippen LogP contribution in [0.4, 0.5) is 0 Å². The first-order valence-corrected chi connectivity index (χ1v) is 3.85. The maximum absolute atomic E-state index is 8.76. The van der Waals surface area contributed by atoms with E-state index in [0.29, 0.717) is 22.8 Å². The highest BCUT2D eigenvalue weighted by Gasteiger charge is 2.07. The molecule has 0 aromatic carbocycles. The van der Waals surface area contributed by atoms with Crippen molar-refractivity contribution in [2.75, 3.05) is 14.2 Å². The van der Waals surface area contributed by atoms with Gasteiger partial charge in [0, 0.05) is 12.0 Å². The maximum Gasteiger partial charge on any atom is 0.317 e. The SMILES string of the molecule is COc1ncc(OC)c(SO)n1. The fraction of sp³-hybridized carbons (Fsp3) is 0.333. The Morgan fingerprint density at radius 2 is 2.17 bits per heavy atom. The highest BCUT2D eigenvalue weighted by atomic mass is 32.2. The van der Waals surface area contributed by atoms with Crippen molar-refractivity contribution < 1.29 is 14.0 Å². The molecular formula is C6H8N2O3S. The number of nitrogens with zero attached hydrogens (tertiary/aromatic N) is 2. The van der Waals surface area contributed by atoms with Crippen LogP contribution in [0.2, 0.25) is 0 Å². The van der Waals surface area contributed by atoms with Crippen molar-refractivity contribution in [1.82, 2.24) is 9.97 Å². The Balaban J connectivity index is 3.02. The van der Waals surface area contributed by atoms with E-state index in [0.717, 1.165) is 0 Å².